The van der Waals surface area contributed by atoms with Crippen molar-refractivity contribution < 1.29 is 8.42 Å². The fraction of sp³-hybridized carbons (Fsp3) is 0.722. The van der Waals surface area contributed by atoms with E-state index in [4.69, 9.17) is 4.99 Å². The molecule has 1 aromatic rings. The summed E-state index contributed by atoms with van der Waals surface area (Å²) in [6.45, 7) is 7.16. The van der Waals surface area contributed by atoms with Gasteiger partial charge in [0.05, 0.1) is 5.75 Å². The minimum Gasteiger partial charge on any atom is -0.357 e. The number of hydrogen-bond donors (Lipinski definition) is 3. The van der Waals surface area contributed by atoms with Crippen LogP contribution in [0.5, 0.6) is 0 Å². The molecule has 0 spiro atoms. The Morgan fingerprint density at radius 1 is 1.32 bits per heavy atom. The number of thiophene rings is 1. The summed E-state index contributed by atoms with van der Waals surface area (Å²) in [5.74, 6) is 1.32. The first-order valence-corrected chi connectivity index (χ1v) is 12.2. The molecule has 162 valence electrons. The molecule has 2 rings (SSSR count). The van der Waals surface area contributed by atoms with E-state index in [1.54, 1.807) is 6.92 Å². The number of nitrogens with one attached hydrogen (secondary N) is 3. The molecule has 1 aliphatic heterocycles. The molecule has 2 unspecified atom stereocenters. The zero-order valence-electron chi connectivity index (χ0n) is 17.0. The lowest BCUT2D eigenvalue weighted by molar-refractivity contribution is 0.128. The molecular weight excluding hydrogens is 509 g/mol. The highest BCUT2D eigenvalue weighted by Gasteiger charge is 2.31. The summed E-state index contributed by atoms with van der Waals surface area (Å²) >= 11 is 1.82. The fourth-order valence-electron chi connectivity index (χ4n) is 3.40. The van der Waals surface area contributed by atoms with Crippen LogP contribution in [-0.2, 0) is 10.0 Å². The second-order valence-electron chi connectivity index (χ2n) is 6.79. The first-order valence-electron chi connectivity index (χ1n) is 9.70. The topological polar surface area (TPSA) is 85.8 Å². The summed E-state index contributed by atoms with van der Waals surface area (Å²) in [5.41, 5.74) is 0. The Bertz CT molecular complexity index is 682. The zero-order chi connectivity index (χ0) is 19.7. The van der Waals surface area contributed by atoms with Gasteiger partial charge in [-0.05, 0) is 57.6 Å². The lowest BCUT2D eigenvalue weighted by Crippen LogP contribution is -2.42. The third kappa shape index (κ3) is 8.13. The Morgan fingerprint density at radius 3 is 2.75 bits per heavy atom. The predicted molar refractivity (Wildman–Crippen MR) is 129 cm³/mol. The van der Waals surface area contributed by atoms with Crippen LogP contribution in [0.1, 0.15) is 37.6 Å². The van der Waals surface area contributed by atoms with Crippen LogP contribution < -0.4 is 15.4 Å². The van der Waals surface area contributed by atoms with E-state index in [1.165, 1.54) is 17.7 Å². The minimum absolute atomic E-state index is 0. The largest absolute Gasteiger partial charge is 0.357 e. The summed E-state index contributed by atoms with van der Waals surface area (Å²) in [7, 11) is -0.954. The van der Waals surface area contributed by atoms with Gasteiger partial charge in [0, 0.05) is 37.1 Å². The van der Waals surface area contributed by atoms with Gasteiger partial charge >= 0.3 is 0 Å². The number of hydrogen-bond acceptors (Lipinski definition) is 5. The van der Waals surface area contributed by atoms with Crippen LogP contribution in [0.4, 0.5) is 0 Å². The number of nitrogens with zero attached hydrogens (tertiary/aromatic N) is 2. The SMILES string of the molecule is CCNC(=NCC1CCCN(C)C1c1cccs1)NCCNS(=O)(=O)CC.I. The lowest BCUT2D eigenvalue weighted by atomic mass is 9.88. The van der Waals surface area contributed by atoms with Crippen molar-refractivity contribution in [1.82, 2.24) is 20.3 Å². The van der Waals surface area contributed by atoms with E-state index in [0.29, 0.717) is 25.0 Å². The van der Waals surface area contributed by atoms with Crippen LogP contribution in [0.2, 0.25) is 0 Å². The van der Waals surface area contributed by atoms with E-state index < -0.39 is 10.0 Å². The third-order valence-corrected chi connectivity index (χ3v) is 7.14. The molecule has 0 aliphatic carbocycles. The van der Waals surface area contributed by atoms with E-state index in [0.717, 1.165) is 25.6 Å². The number of piperidine rings is 1. The van der Waals surface area contributed by atoms with Crippen LogP contribution >= 0.6 is 35.3 Å². The quantitative estimate of drug-likeness (QED) is 0.193. The summed E-state index contributed by atoms with van der Waals surface area (Å²) in [6, 6.07) is 4.75. The van der Waals surface area contributed by atoms with Crippen molar-refractivity contribution in [3.8, 4) is 0 Å². The molecule has 7 nitrogen and oxygen atoms in total. The molecule has 2 heterocycles. The second-order valence-corrected chi connectivity index (χ2v) is 9.86. The van der Waals surface area contributed by atoms with Crippen LogP contribution in [0, 0.1) is 5.92 Å². The Labute approximate surface area is 190 Å². The van der Waals surface area contributed by atoms with Gasteiger partial charge in [0.15, 0.2) is 5.96 Å². The summed E-state index contributed by atoms with van der Waals surface area (Å²) < 4.78 is 25.6. The zero-order valence-corrected chi connectivity index (χ0v) is 20.9. The monoisotopic (exact) mass is 543 g/mol. The highest BCUT2D eigenvalue weighted by molar-refractivity contribution is 14.0. The van der Waals surface area contributed by atoms with Crippen molar-refractivity contribution >= 4 is 51.3 Å². The first kappa shape index (κ1) is 25.6. The molecule has 0 saturated carbocycles. The number of sulfonamides is 1. The number of rotatable bonds is 9. The molecule has 28 heavy (non-hydrogen) atoms. The van der Waals surface area contributed by atoms with Gasteiger partial charge in [0.1, 0.15) is 0 Å². The highest BCUT2D eigenvalue weighted by atomic mass is 127. The molecule has 0 amide bonds. The van der Waals surface area contributed by atoms with Crippen molar-refractivity contribution in [2.24, 2.45) is 10.9 Å². The predicted octanol–water partition coefficient (Wildman–Crippen LogP) is 2.24. The molecular formula is C18H34IN5O2S2. The molecule has 3 N–H and O–H groups in total. The Hall–Kier alpha value is -0.430. The van der Waals surface area contributed by atoms with Crippen LogP contribution in [0.3, 0.4) is 0 Å². The summed E-state index contributed by atoms with van der Waals surface area (Å²) in [4.78, 5) is 8.63. The molecule has 2 atom stereocenters. The molecule has 0 aromatic carbocycles. The maximum Gasteiger partial charge on any atom is 0.211 e. The summed E-state index contributed by atoms with van der Waals surface area (Å²) in [5, 5.41) is 8.60. The Kier molecular flexibility index (Phi) is 11.9. The average molecular weight is 544 g/mol. The molecule has 10 heteroatoms. The Morgan fingerprint density at radius 2 is 2.11 bits per heavy atom. The molecule has 1 aliphatic rings. The lowest BCUT2D eigenvalue weighted by Gasteiger charge is -2.38. The van der Waals surface area contributed by atoms with Gasteiger partial charge in [-0.25, -0.2) is 13.1 Å². The highest BCUT2D eigenvalue weighted by Crippen LogP contribution is 2.37. The first-order chi connectivity index (χ1) is 13.0. The third-order valence-electron chi connectivity index (χ3n) is 4.79. The van der Waals surface area contributed by atoms with Crippen LogP contribution in [0.15, 0.2) is 22.5 Å². The number of aliphatic imine (C=N–C) groups is 1. The van der Waals surface area contributed by atoms with E-state index in [-0.39, 0.29) is 29.7 Å². The van der Waals surface area contributed by atoms with Crippen molar-refractivity contribution in [3.63, 3.8) is 0 Å². The Balaban J connectivity index is 0.00000392. The smallest absolute Gasteiger partial charge is 0.211 e. The average Bonchev–Trinajstić information content (AvgIpc) is 3.17. The number of likely N-dealkylation sites (tertiary alicyclic amines) is 1. The van der Waals surface area contributed by atoms with Crippen LogP contribution in [0.25, 0.3) is 0 Å². The fourth-order valence-corrected chi connectivity index (χ4v) is 5.00. The van der Waals surface area contributed by atoms with E-state index in [2.05, 4.69) is 44.8 Å². The molecule has 0 bridgehead atoms. The van der Waals surface area contributed by atoms with Crippen molar-refractivity contribution in [2.45, 2.75) is 32.7 Å². The molecule has 1 saturated heterocycles. The van der Waals surface area contributed by atoms with Gasteiger partial charge in [0.2, 0.25) is 10.0 Å². The minimum atomic E-state index is -3.15. The van der Waals surface area contributed by atoms with Gasteiger partial charge in [-0.3, -0.25) is 9.89 Å². The van der Waals surface area contributed by atoms with Crippen molar-refractivity contribution in [3.05, 3.63) is 22.4 Å². The molecule has 0 radical (unpaired) electrons. The molecule has 1 fully saturated rings. The van der Waals surface area contributed by atoms with Crippen molar-refractivity contribution in [1.29, 1.82) is 0 Å². The number of guanidine groups is 1. The maximum absolute atomic E-state index is 11.5. The van der Waals surface area contributed by atoms with E-state index >= 15 is 0 Å². The van der Waals surface area contributed by atoms with Crippen LogP contribution in [-0.4, -0.2) is 64.8 Å². The van der Waals surface area contributed by atoms with Gasteiger partial charge in [0.25, 0.3) is 0 Å². The van der Waals surface area contributed by atoms with Gasteiger partial charge in [-0.2, -0.15) is 0 Å². The van der Waals surface area contributed by atoms with Crippen molar-refractivity contribution in [2.75, 3.05) is 45.5 Å². The maximum atomic E-state index is 11.5. The normalized spacial score (nSPS) is 21.2. The molecule has 1 aromatic heterocycles. The standard InChI is InChI=1S/C18H33N5O2S2.HI/c1-4-19-18(20-10-11-22-27(24,25)5-2)21-14-15-8-6-12-23(3)17(15)16-9-7-13-26-16;/h7,9,13,15,17,22H,4-6,8,10-12,14H2,1-3H3,(H2,19,20,21);1H. The van der Waals surface area contributed by atoms with E-state index in [1.807, 2.05) is 18.3 Å². The second kappa shape index (κ2) is 13.0. The van der Waals surface area contributed by atoms with Gasteiger partial charge < -0.3 is 10.6 Å². The summed E-state index contributed by atoms with van der Waals surface area (Å²) in [6.07, 6.45) is 2.37. The van der Waals surface area contributed by atoms with Gasteiger partial charge in [-0.1, -0.05) is 6.07 Å². The van der Waals surface area contributed by atoms with E-state index in [9.17, 15) is 8.42 Å². The number of halogens is 1. The van der Waals surface area contributed by atoms with Gasteiger partial charge in [-0.15, -0.1) is 35.3 Å².